The molecule has 2 aromatic rings. The average molecular weight is 429 g/mol. The van der Waals surface area contributed by atoms with E-state index in [1.54, 1.807) is 6.07 Å². The Morgan fingerprint density at radius 3 is 2.32 bits per heavy atom. The highest BCUT2D eigenvalue weighted by atomic mass is 16.6. The van der Waals surface area contributed by atoms with Crippen LogP contribution in [-0.4, -0.2) is 64.2 Å². The summed E-state index contributed by atoms with van der Waals surface area (Å²) in [7, 11) is 1.38. The molecule has 1 saturated heterocycles. The van der Waals surface area contributed by atoms with Gasteiger partial charge in [-0.1, -0.05) is 0 Å². The van der Waals surface area contributed by atoms with Gasteiger partial charge in [0.1, 0.15) is 17.0 Å². The number of hydrogen-bond acceptors (Lipinski definition) is 6. The fourth-order valence-corrected chi connectivity index (χ4v) is 4.34. The molecular weight excluding hydrogens is 396 g/mol. The van der Waals surface area contributed by atoms with Gasteiger partial charge in [-0.25, -0.2) is 14.6 Å². The molecule has 3 heterocycles. The summed E-state index contributed by atoms with van der Waals surface area (Å²) < 4.78 is 12.6. The largest absolute Gasteiger partial charge is 0.465 e. The second-order valence-corrected chi connectivity index (χ2v) is 9.51. The fraction of sp³-hybridized carbons (Fsp3) is 0.609. The van der Waals surface area contributed by atoms with Crippen molar-refractivity contribution in [1.82, 2.24) is 14.3 Å². The summed E-state index contributed by atoms with van der Waals surface area (Å²) in [6.07, 6.45) is 5.63. The average Bonchev–Trinajstić information content (AvgIpc) is 3.45. The molecule has 31 heavy (non-hydrogen) atoms. The molecule has 8 nitrogen and oxygen atoms in total. The number of aromatic nitrogens is 2. The number of carbonyl (C=O) groups excluding carboxylic acids is 2. The first-order valence-corrected chi connectivity index (χ1v) is 11.0. The Bertz CT molecular complexity index is 981. The molecule has 4 rings (SSSR count). The monoisotopic (exact) mass is 428 g/mol. The topological polar surface area (TPSA) is 76.4 Å². The Morgan fingerprint density at radius 2 is 1.74 bits per heavy atom. The standard InChI is InChI=1S/C23H32N4O4/c1-15-14-26-19(9-8-18(20(26)24-15)21(28)30-5)25-12-10-17(11-13-25)27(16-6-7-16)22(29)31-23(2,3)4/h8-9,14,16-17H,6-7,10-13H2,1-5H3. The molecule has 168 valence electrons. The molecule has 0 radical (unpaired) electrons. The summed E-state index contributed by atoms with van der Waals surface area (Å²) in [4.78, 5) is 33.8. The molecule has 8 heteroatoms. The van der Waals surface area contributed by atoms with Crippen molar-refractivity contribution in [3.63, 3.8) is 0 Å². The van der Waals surface area contributed by atoms with Crippen molar-refractivity contribution in [3.05, 3.63) is 29.6 Å². The highest BCUT2D eigenvalue weighted by molar-refractivity contribution is 5.96. The van der Waals surface area contributed by atoms with Gasteiger partial charge in [0.2, 0.25) is 0 Å². The first-order valence-electron chi connectivity index (χ1n) is 11.0. The maximum Gasteiger partial charge on any atom is 0.410 e. The molecular formula is C23H32N4O4. The summed E-state index contributed by atoms with van der Waals surface area (Å²) in [5.74, 6) is 0.607. The van der Waals surface area contributed by atoms with Gasteiger partial charge in [0.25, 0.3) is 0 Å². The predicted molar refractivity (Wildman–Crippen MR) is 118 cm³/mol. The molecule has 2 aliphatic rings. The summed E-state index contributed by atoms with van der Waals surface area (Å²) in [5, 5.41) is 0. The van der Waals surface area contributed by atoms with Crippen LogP contribution in [0.15, 0.2) is 18.3 Å². The van der Waals surface area contributed by atoms with Crippen molar-refractivity contribution in [2.24, 2.45) is 0 Å². The van der Waals surface area contributed by atoms with Gasteiger partial charge in [0.05, 0.1) is 12.8 Å². The molecule has 0 aromatic carbocycles. The van der Waals surface area contributed by atoms with Crippen molar-refractivity contribution >= 4 is 23.5 Å². The maximum atomic E-state index is 12.8. The van der Waals surface area contributed by atoms with E-state index in [-0.39, 0.29) is 12.1 Å². The first kappa shape index (κ1) is 21.5. The van der Waals surface area contributed by atoms with Crippen LogP contribution in [0.3, 0.4) is 0 Å². The Balaban J connectivity index is 1.52. The van der Waals surface area contributed by atoms with E-state index in [9.17, 15) is 9.59 Å². The van der Waals surface area contributed by atoms with Crippen LogP contribution in [0.1, 0.15) is 62.5 Å². The van der Waals surface area contributed by atoms with Crippen LogP contribution in [0.5, 0.6) is 0 Å². The number of esters is 1. The van der Waals surface area contributed by atoms with Gasteiger partial charge in [-0.05, 0) is 65.5 Å². The third kappa shape index (κ3) is 4.48. The number of aryl methyl sites for hydroxylation is 1. The first-order chi connectivity index (χ1) is 14.7. The Kier molecular flexibility index (Phi) is 5.58. The van der Waals surface area contributed by atoms with Gasteiger partial charge in [-0.2, -0.15) is 0 Å². The SMILES string of the molecule is COC(=O)c1ccc(N2CCC(N(C(=O)OC(C)(C)C)C3CC3)CC2)n2cc(C)nc12. The number of amides is 1. The normalized spacial score (nSPS) is 17.6. The van der Waals surface area contributed by atoms with E-state index >= 15 is 0 Å². The van der Waals surface area contributed by atoms with Crippen LogP contribution in [0.2, 0.25) is 0 Å². The van der Waals surface area contributed by atoms with E-state index in [1.807, 2.05) is 49.3 Å². The molecule has 0 N–H and O–H groups in total. The minimum atomic E-state index is -0.489. The molecule has 0 unspecified atom stereocenters. The van der Waals surface area contributed by atoms with E-state index in [1.165, 1.54) is 7.11 Å². The quantitative estimate of drug-likeness (QED) is 0.690. The van der Waals surface area contributed by atoms with Gasteiger partial charge in [-0.3, -0.25) is 4.40 Å². The van der Waals surface area contributed by atoms with Crippen LogP contribution < -0.4 is 4.90 Å². The Morgan fingerprint density at radius 1 is 1.10 bits per heavy atom. The molecule has 2 fully saturated rings. The van der Waals surface area contributed by atoms with Crippen LogP contribution in [0.4, 0.5) is 10.6 Å². The van der Waals surface area contributed by atoms with Crippen molar-refractivity contribution in [1.29, 1.82) is 0 Å². The van der Waals surface area contributed by atoms with Crippen molar-refractivity contribution in [3.8, 4) is 0 Å². The lowest BCUT2D eigenvalue weighted by Crippen LogP contribution is -2.50. The molecule has 1 amide bonds. The van der Waals surface area contributed by atoms with Gasteiger partial charge in [0.15, 0.2) is 5.65 Å². The summed E-state index contributed by atoms with van der Waals surface area (Å²) >= 11 is 0. The molecule has 1 aliphatic heterocycles. The minimum absolute atomic E-state index is 0.188. The molecule has 2 aromatic heterocycles. The van der Waals surface area contributed by atoms with Gasteiger partial charge >= 0.3 is 12.1 Å². The molecule has 0 atom stereocenters. The number of ether oxygens (including phenoxy) is 2. The van der Waals surface area contributed by atoms with E-state index in [0.717, 1.165) is 50.3 Å². The molecule has 1 aliphatic carbocycles. The number of pyridine rings is 1. The third-order valence-electron chi connectivity index (χ3n) is 5.84. The number of piperidine rings is 1. The summed E-state index contributed by atoms with van der Waals surface area (Å²) in [6, 6.07) is 4.24. The number of imidazole rings is 1. The number of anilines is 1. The second kappa shape index (κ2) is 8.05. The zero-order chi connectivity index (χ0) is 22.3. The van der Waals surface area contributed by atoms with Crippen LogP contribution in [0, 0.1) is 6.92 Å². The van der Waals surface area contributed by atoms with Gasteiger partial charge < -0.3 is 19.3 Å². The Hall–Kier alpha value is -2.77. The maximum absolute atomic E-state index is 12.8. The van der Waals surface area contributed by atoms with Crippen LogP contribution in [0.25, 0.3) is 5.65 Å². The van der Waals surface area contributed by atoms with E-state index in [4.69, 9.17) is 9.47 Å². The minimum Gasteiger partial charge on any atom is -0.465 e. The number of rotatable bonds is 4. The molecule has 1 saturated carbocycles. The zero-order valence-electron chi connectivity index (χ0n) is 19.1. The number of nitrogens with zero attached hydrogens (tertiary/aromatic N) is 4. The molecule has 0 bridgehead atoms. The van der Waals surface area contributed by atoms with E-state index in [2.05, 4.69) is 9.88 Å². The van der Waals surface area contributed by atoms with Crippen LogP contribution >= 0.6 is 0 Å². The predicted octanol–water partition coefficient (Wildman–Crippen LogP) is 3.80. The lowest BCUT2D eigenvalue weighted by Gasteiger charge is -2.40. The smallest absolute Gasteiger partial charge is 0.410 e. The highest BCUT2D eigenvalue weighted by Crippen LogP contribution is 2.34. The Labute approximate surface area is 183 Å². The van der Waals surface area contributed by atoms with E-state index in [0.29, 0.717) is 17.3 Å². The lowest BCUT2D eigenvalue weighted by molar-refractivity contribution is 0.0113. The summed E-state index contributed by atoms with van der Waals surface area (Å²) in [6.45, 7) is 9.29. The lowest BCUT2D eigenvalue weighted by atomic mass is 10.0. The summed E-state index contributed by atoms with van der Waals surface area (Å²) in [5.41, 5.74) is 1.42. The number of hydrogen-bond donors (Lipinski definition) is 0. The van der Waals surface area contributed by atoms with Gasteiger partial charge in [0, 0.05) is 31.4 Å². The van der Waals surface area contributed by atoms with Gasteiger partial charge in [-0.15, -0.1) is 0 Å². The third-order valence-corrected chi connectivity index (χ3v) is 5.84. The number of carbonyl (C=O) groups is 2. The van der Waals surface area contributed by atoms with Crippen molar-refractivity contribution in [2.75, 3.05) is 25.1 Å². The van der Waals surface area contributed by atoms with Crippen molar-refractivity contribution in [2.45, 2.75) is 71.1 Å². The van der Waals surface area contributed by atoms with Crippen LogP contribution in [-0.2, 0) is 9.47 Å². The number of methoxy groups -OCH3 is 1. The highest BCUT2D eigenvalue weighted by Gasteiger charge is 2.40. The van der Waals surface area contributed by atoms with E-state index < -0.39 is 11.6 Å². The zero-order valence-corrected chi connectivity index (χ0v) is 19.1. The fourth-order valence-electron chi connectivity index (χ4n) is 4.34. The molecule has 0 spiro atoms. The van der Waals surface area contributed by atoms with Crippen molar-refractivity contribution < 1.29 is 19.1 Å². The number of fused-ring (bicyclic) bond motifs is 1. The second-order valence-electron chi connectivity index (χ2n) is 9.51.